The van der Waals surface area contributed by atoms with Gasteiger partial charge in [-0.2, -0.15) is 26.3 Å². The van der Waals surface area contributed by atoms with E-state index in [2.05, 4.69) is 10.5 Å². The number of halogens is 8. The zero-order valence-corrected chi connectivity index (χ0v) is 26.1. The van der Waals surface area contributed by atoms with Gasteiger partial charge in [0.25, 0.3) is 0 Å². The van der Waals surface area contributed by atoms with E-state index in [0.29, 0.717) is 60.8 Å². The first-order valence-electron chi connectivity index (χ1n) is 14.1. The fraction of sp³-hybridized carbons (Fsp3) is 0.406. The molecule has 2 atom stereocenters. The van der Waals surface area contributed by atoms with Crippen LogP contribution in [0.15, 0.2) is 71.9 Å². The zero-order chi connectivity index (χ0) is 33.3. The molecule has 0 aliphatic rings. The number of oxime groups is 1. The lowest BCUT2D eigenvalue weighted by molar-refractivity contribution is -0.143. The van der Waals surface area contributed by atoms with Gasteiger partial charge in [0.1, 0.15) is 7.11 Å². The van der Waals surface area contributed by atoms with Gasteiger partial charge in [-0.1, -0.05) is 71.7 Å². The van der Waals surface area contributed by atoms with Crippen LogP contribution in [0.5, 0.6) is 0 Å². The zero-order valence-electron chi connectivity index (χ0n) is 24.6. The Morgan fingerprint density at radius 3 is 2.07 bits per heavy atom. The van der Waals surface area contributed by atoms with Gasteiger partial charge in [-0.25, -0.2) is 0 Å². The van der Waals surface area contributed by atoms with Crippen LogP contribution in [-0.2, 0) is 34.1 Å². The Balaban J connectivity index is 1.75. The number of nitrogens with one attached hydrogen (secondary N) is 1. The lowest BCUT2D eigenvalue weighted by Crippen LogP contribution is -2.31. The minimum absolute atomic E-state index is 0.0653. The van der Waals surface area contributed by atoms with Gasteiger partial charge in [-0.05, 0) is 79.4 Å². The standard InChI is InChI=1S/C32H34Cl2F6N2O3/c1-3-30(43,23-7-5-4-6-8-23)12-14-41-13-11-26(22-9-10-27(33)28(34)17-22)29(42-44-2)20-45-19-21-15-24(31(35,36)37)18-25(16-21)32(38,39)40/h4-10,15-18,26,41,43H,3,11-14,19-20H2,1-2H3/b42-29-. The third-order valence-corrected chi connectivity index (χ3v) is 8.08. The molecule has 0 radical (unpaired) electrons. The van der Waals surface area contributed by atoms with Crippen LogP contribution in [0.3, 0.4) is 0 Å². The number of benzene rings is 3. The summed E-state index contributed by atoms with van der Waals surface area (Å²) in [4.78, 5) is 5.02. The molecule has 0 fully saturated rings. The smallest absolute Gasteiger partial charge is 0.399 e. The van der Waals surface area contributed by atoms with Crippen molar-refractivity contribution < 1.29 is 41.0 Å². The van der Waals surface area contributed by atoms with E-state index in [1.54, 1.807) is 18.2 Å². The molecule has 2 unspecified atom stereocenters. The molecule has 3 aromatic rings. The molecule has 0 aliphatic carbocycles. The minimum atomic E-state index is -4.97. The Morgan fingerprint density at radius 2 is 1.51 bits per heavy atom. The molecule has 0 bridgehead atoms. The molecular weight excluding hydrogens is 645 g/mol. The molecule has 0 heterocycles. The molecule has 0 saturated carbocycles. The summed E-state index contributed by atoms with van der Waals surface area (Å²) in [5, 5.41) is 19.2. The van der Waals surface area contributed by atoms with Gasteiger partial charge in [0.05, 0.1) is 45.7 Å². The summed E-state index contributed by atoms with van der Waals surface area (Å²) < 4.78 is 85.4. The van der Waals surface area contributed by atoms with E-state index in [-0.39, 0.29) is 23.3 Å². The molecule has 0 spiro atoms. The Morgan fingerprint density at radius 1 is 0.867 bits per heavy atom. The largest absolute Gasteiger partial charge is 0.416 e. The third-order valence-electron chi connectivity index (χ3n) is 7.34. The third kappa shape index (κ3) is 10.6. The average Bonchev–Trinajstić information content (AvgIpc) is 2.99. The number of rotatable bonds is 15. The lowest BCUT2D eigenvalue weighted by Gasteiger charge is -2.28. The van der Waals surface area contributed by atoms with E-state index in [4.69, 9.17) is 32.8 Å². The molecule has 0 aliphatic heterocycles. The molecule has 13 heteroatoms. The van der Waals surface area contributed by atoms with Gasteiger partial charge >= 0.3 is 12.4 Å². The van der Waals surface area contributed by atoms with Crippen LogP contribution in [0.1, 0.15) is 59.9 Å². The maximum atomic E-state index is 13.3. The molecule has 2 N–H and O–H groups in total. The van der Waals surface area contributed by atoms with Crippen molar-refractivity contribution >= 4 is 28.9 Å². The van der Waals surface area contributed by atoms with Gasteiger partial charge in [0, 0.05) is 5.92 Å². The monoisotopic (exact) mass is 678 g/mol. The molecule has 246 valence electrons. The first-order chi connectivity index (χ1) is 21.2. The van der Waals surface area contributed by atoms with Crippen molar-refractivity contribution in [3.05, 3.63) is 105 Å². The van der Waals surface area contributed by atoms with E-state index in [1.807, 2.05) is 37.3 Å². The van der Waals surface area contributed by atoms with Gasteiger partial charge in [0.15, 0.2) is 0 Å². The highest BCUT2D eigenvalue weighted by Gasteiger charge is 2.37. The van der Waals surface area contributed by atoms with Crippen LogP contribution in [0.25, 0.3) is 0 Å². The second-order valence-corrected chi connectivity index (χ2v) is 11.3. The summed E-state index contributed by atoms with van der Waals surface area (Å²) >= 11 is 12.4. The Kier molecular flexibility index (Phi) is 13.1. The highest BCUT2D eigenvalue weighted by Crippen LogP contribution is 2.37. The van der Waals surface area contributed by atoms with Crippen molar-refractivity contribution in [2.24, 2.45) is 5.16 Å². The van der Waals surface area contributed by atoms with Gasteiger partial charge in [0.2, 0.25) is 0 Å². The van der Waals surface area contributed by atoms with E-state index >= 15 is 0 Å². The quantitative estimate of drug-likeness (QED) is 0.0729. The average molecular weight is 680 g/mol. The SMILES string of the molecule is CCC(O)(CCNCCC(/C(COCc1cc(C(F)(F)F)cc(C(F)(F)F)c1)=N\OC)c1ccc(Cl)c(Cl)c1)c1ccccc1. The number of hydrogen-bond acceptors (Lipinski definition) is 5. The minimum Gasteiger partial charge on any atom is -0.399 e. The van der Waals surface area contributed by atoms with Crippen molar-refractivity contribution in [3.63, 3.8) is 0 Å². The summed E-state index contributed by atoms with van der Waals surface area (Å²) in [6.45, 7) is 2.03. The normalized spacial score (nSPS) is 14.7. The van der Waals surface area contributed by atoms with Crippen LogP contribution < -0.4 is 5.32 Å². The Labute approximate surface area is 268 Å². The van der Waals surface area contributed by atoms with Crippen molar-refractivity contribution in [3.8, 4) is 0 Å². The van der Waals surface area contributed by atoms with Gasteiger partial charge in [-0.15, -0.1) is 0 Å². The fourth-order valence-electron chi connectivity index (χ4n) is 4.88. The van der Waals surface area contributed by atoms with E-state index in [1.165, 1.54) is 7.11 Å². The molecule has 45 heavy (non-hydrogen) atoms. The van der Waals surface area contributed by atoms with E-state index < -0.39 is 41.6 Å². The summed E-state index contributed by atoms with van der Waals surface area (Å²) in [7, 11) is 1.31. The number of hydrogen-bond donors (Lipinski definition) is 2. The molecule has 5 nitrogen and oxygen atoms in total. The second kappa shape index (κ2) is 16.1. The number of alkyl halides is 6. The van der Waals surface area contributed by atoms with Crippen LogP contribution in [0.2, 0.25) is 10.0 Å². The Hall–Kier alpha value is -2.83. The molecule has 0 aromatic heterocycles. The predicted octanol–water partition coefficient (Wildman–Crippen LogP) is 9.00. The van der Waals surface area contributed by atoms with Gasteiger partial charge < -0.3 is 20.0 Å². The summed E-state index contributed by atoms with van der Waals surface area (Å²) in [5.41, 5.74) is -2.33. The van der Waals surface area contributed by atoms with Crippen LogP contribution in [-0.4, -0.2) is 37.6 Å². The molecule has 3 rings (SSSR count). The van der Waals surface area contributed by atoms with Crippen molar-refractivity contribution in [2.75, 3.05) is 26.8 Å². The maximum Gasteiger partial charge on any atom is 0.416 e. The number of nitrogens with zero attached hydrogens (tertiary/aromatic N) is 1. The molecular formula is C32H34Cl2F6N2O3. The fourth-order valence-corrected chi connectivity index (χ4v) is 5.19. The molecule has 0 saturated heterocycles. The summed E-state index contributed by atoms with van der Waals surface area (Å²) in [6.07, 6.45) is -8.55. The highest BCUT2D eigenvalue weighted by molar-refractivity contribution is 6.42. The number of ether oxygens (including phenoxy) is 1. The van der Waals surface area contributed by atoms with Crippen molar-refractivity contribution in [2.45, 2.75) is 56.7 Å². The highest BCUT2D eigenvalue weighted by atomic mass is 35.5. The molecule has 0 amide bonds. The second-order valence-electron chi connectivity index (χ2n) is 10.4. The van der Waals surface area contributed by atoms with Crippen LogP contribution >= 0.6 is 23.2 Å². The first kappa shape index (κ1) is 36.6. The van der Waals surface area contributed by atoms with E-state index in [9.17, 15) is 31.4 Å². The summed E-state index contributed by atoms with van der Waals surface area (Å²) in [5.74, 6) is -0.473. The van der Waals surface area contributed by atoms with Crippen molar-refractivity contribution in [1.82, 2.24) is 5.32 Å². The first-order valence-corrected chi connectivity index (χ1v) is 14.8. The van der Waals surface area contributed by atoms with Crippen LogP contribution in [0.4, 0.5) is 26.3 Å². The van der Waals surface area contributed by atoms with Gasteiger partial charge in [-0.3, -0.25) is 0 Å². The number of aliphatic hydroxyl groups is 1. The topological polar surface area (TPSA) is 63.1 Å². The predicted molar refractivity (Wildman–Crippen MR) is 162 cm³/mol. The summed E-state index contributed by atoms with van der Waals surface area (Å²) in [6, 6.07) is 15.7. The van der Waals surface area contributed by atoms with Crippen LogP contribution in [0, 0.1) is 0 Å². The lowest BCUT2D eigenvalue weighted by atomic mass is 9.88. The van der Waals surface area contributed by atoms with E-state index in [0.717, 1.165) is 5.56 Å². The Bertz CT molecular complexity index is 1390. The molecule has 3 aromatic carbocycles. The van der Waals surface area contributed by atoms with Crippen molar-refractivity contribution in [1.29, 1.82) is 0 Å². The maximum absolute atomic E-state index is 13.3.